The number of hydrazine groups is 1. The molecule has 5 rings (SSSR count). The van der Waals surface area contributed by atoms with Crippen molar-refractivity contribution in [3.8, 4) is 0 Å². The molecule has 208 valence electrons. The van der Waals surface area contributed by atoms with Gasteiger partial charge in [-0.1, -0.05) is 53.6 Å². The summed E-state index contributed by atoms with van der Waals surface area (Å²) >= 11 is 0. The standard InChI is InChI=1S/C30H29FN2O6S/c1-19-5-9-21(10-6-19)26-18-22-17-23(31)11-14-25(22)27-30(28(34)38-3,29(35)39-4)15-16-32(33(26)27)40(36,37)24-12-7-20(2)8-13-24/h5-14,17-18,27H,15-16H2,1-4H3. The lowest BCUT2D eigenvalue weighted by Crippen LogP contribution is -2.63. The Bertz CT molecular complexity index is 1600. The first kappa shape index (κ1) is 27.5. The number of carbonyl (C=O) groups excluding carboxylic acids is 2. The lowest BCUT2D eigenvalue weighted by Gasteiger charge is -2.54. The van der Waals surface area contributed by atoms with Crippen LogP contribution in [-0.4, -0.2) is 50.5 Å². The van der Waals surface area contributed by atoms with Crippen LogP contribution in [0.15, 0.2) is 71.6 Å². The second kappa shape index (κ2) is 10.2. The van der Waals surface area contributed by atoms with E-state index in [1.807, 2.05) is 38.1 Å². The number of carbonyl (C=O) groups is 2. The molecule has 0 aliphatic carbocycles. The molecule has 1 unspecified atom stereocenters. The van der Waals surface area contributed by atoms with Gasteiger partial charge in [-0.3, -0.25) is 14.6 Å². The molecule has 0 saturated carbocycles. The summed E-state index contributed by atoms with van der Waals surface area (Å²) in [6, 6.07) is 16.5. The summed E-state index contributed by atoms with van der Waals surface area (Å²) < 4.78 is 54.4. The average molecular weight is 565 g/mol. The van der Waals surface area contributed by atoms with Crippen LogP contribution in [0.25, 0.3) is 11.8 Å². The first-order valence-electron chi connectivity index (χ1n) is 12.7. The largest absolute Gasteiger partial charge is 0.468 e. The molecule has 2 aliphatic rings. The van der Waals surface area contributed by atoms with E-state index in [9.17, 15) is 22.4 Å². The van der Waals surface area contributed by atoms with Gasteiger partial charge < -0.3 is 9.47 Å². The fourth-order valence-electron chi connectivity index (χ4n) is 5.53. The highest BCUT2D eigenvalue weighted by atomic mass is 32.2. The SMILES string of the molecule is COC(=O)C1(C(=O)OC)CCN(S(=O)(=O)c2ccc(C)cc2)N2C(c3ccc(C)cc3)=Cc3cc(F)ccc3C21. The zero-order valence-electron chi connectivity index (χ0n) is 22.5. The number of hydrogen-bond donors (Lipinski definition) is 0. The maximum atomic E-state index is 14.5. The fourth-order valence-corrected chi connectivity index (χ4v) is 7.00. The molecule has 8 nitrogen and oxygen atoms in total. The van der Waals surface area contributed by atoms with E-state index in [1.165, 1.54) is 39.8 Å². The fraction of sp³-hybridized carbons (Fsp3) is 0.267. The van der Waals surface area contributed by atoms with Crippen LogP contribution in [0.2, 0.25) is 0 Å². The molecule has 1 saturated heterocycles. The van der Waals surface area contributed by atoms with Gasteiger partial charge in [0.1, 0.15) is 5.82 Å². The van der Waals surface area contributed by atoms with Crippen molar-refractivity contribution >= 4 is 33.7 Å². The molecule has 3 aromatic carbocycles. The minimum absolute atomic E-state index is 0.0497. The van der Waals surface area contributed by atoms with Gasteiger partial charge in [-0.05, 0) is 67.3 Å². The Morgan fingerprint density at radius 2 is 1.48 bits per heavy atom. The molecular formula is C30H29FN2O6S. The zero-order valence-corrected chi connectivity index (χ0v) is 23.4. The van der Waals surface area contributed by atoms with Gasteiger partial charge in [0, 0.05) is 6.54 Å². The first-order valence-corrected chi connectivity index (χ1v) is 14.1. The molecule has 0 N–H and O–H groups in total. The number of halogens is 1. The van der Waals surface area contributed by atoms with Crippen LogP contribution in [0.1, 0.15) is 40.3 Å². The Labute approximate surface area is 232 Å². The molecule has 3 aromatic rings. The van der Waals surface area contributed by atoms with E-state index in [2.05, 4.69) is 0 Å². The van der Waals surface area contributed by atoms with Crippen LogP contribution in [0.5, 0.6) is 0 Å². The Morgan fingerprint density at radius 1 is 0.900 bits per heavy atom. The zero-order chi connectivity index (χ0) is 28.8. The molecule has 0 amide bonds. The number of fused-ring (bicyclic) bond motifs is 3. The van der Waals surface area contributed by atoms with Crippen molar-refractivity contribution in [1.29, 1.82) is 0 Å². The van der Waals surface area contributed by atoms with Crippen molar-refractivity contribution in [3.63, 3.8) is 0 Å². The van der Waals surface area contributed by atoms with Crippen molar-refractivity contribution in [2.75, 3.05) is 20.8 Å². The van der Waals surface area contributed by atoms with Crippen molar-refractivity contribution in [2.24, 2.45) is 5.41 Å². The van der Waals surface area contributed by atoms with E-state index >= 15 is 0 Å². The maximum absolute atomic E-state index is 14.5. The van der Waals surface area contributed by atoms with Crippen molar-refractivity contribution in [2.45, 2.75) is 31.2 Å². The molecule has 2 aliphatic heterocycles. The number of hydrogen-bond acceptors (Lipinski definition) is 7. The van der Waals surface area contributed by atoms with E-state index in [-0.39, 0.29) is 17.9 Å². The van der Waals surface area contributed by atoms with Gasteiger partial charge in [-0.2, -0.15) is 0 Å². The number of nitrogens with zero attached hydrogens (tertiary/aromatic N) is 2. The van der Waals surface area contributed by atoms with Gasteiger partial charge in [0.2, 0.25) is 0 Å². The summed E-state index contributed by atoms with van der Waals surface area (Å²) in [5.74, 6) is -2.27. The van der Waals surface area contributed by atoms with Gasteiger partial charge in [-0.25, -0.2) is 12.8 Å². The van der Waals surface area contributed by atoms with Gasteiger partial charge in [0.15, 0.2) is 5.41 Å². The molecule has 40 heavy (non-hydrogen) atoms. The quantitative estimate of drug-likeness (QED) is 0.329. The van der Waals surface area contributed by atoms with Crippen LogP contribution >= 0.6 is 0 Å². The van der Waals surface area contributed by atoms with E-state index in [0.29, 0.717) is 22.4 Å². The third-order valence-corrected chi connectivity index (χ3v) is 9.36. The molecule has 10 heteroatoms. The highest BCUT2D eigenvalue weighted by Gasteiger charge is 2.63. The minimum atomic E-state index is -4.18. The average Bonchev–Trinajstić information content (AvgIpc) is 2.95. The molecule has 0 spiro atoms. The van der Waals surface area contributed by atoms with Crippen LogP contribution in [0.3, 0.4) is 0 Å². The smallest absolute Gasteiger partial charge is 0.325 e. The number of methoxy groups -OCH3 is 2. The number of sulfonamides is 1. The van der Waals surface area contributed by atoms with Crippen LogP contribution in [-0.2, 0) is 29.1 Å². The van der Waals surface area contributed by atoms with Gasteiger partial charge in [-0.15, -0.1) is 4.41 Å². The summed E-state index contributed by atoms with van der Waals surface area (Å²) in [6.45, 7) is 3.55. The molecule has 2 heterocycles. The molecule has 1 fully saturated rings. The Balaban J connectivity index is 1.84. The Hall–Kier alpha value is -4.02. The molecule has 0 bridgehead atoms. The van der Waals surface area contributed by atoms with E-state index in [1.54, 1.807) is 18.2 Å². The molecular weight excluding hydrogens is 535 g/mol. The summed E-state index contributed by atoms with van der Waals surface area (Å²) in [7, 11) is -1.85. The second-order valence-electron chi connectivity index (χ2n) is 9.98. The number of aryl methyl sites for hydroxylation is 2. The van der Waals surface area contributed by atoms with Crippen LogP contribution in [0.4, 0.5) is 4.39 Å². The van der Waals surface area contributed by atoms with Crippen LogP contribution in [0, 0.1) is 25.1 Å². The predicted molar refractivity (Wildman–Crippen MR) is 146 cm³/mol. The highest BCUT2D eigenvalue weighted by molar-refractivity contribution is 7.89. The van der Waals surface area contributed by atoms with Crippen molar-refractivity contribution in [1.82, 2.24) is 9.42 Å². The maximum Gasteiger partial charge on any atom is 0.325 e. The van der Waals surface area contributed by atoms with E-state index in [4.69, 9.17) is 9.47 Å². The number of esters is 2. The van der Waals surface area contributed by atoms with Crippen molar-refractivity contribution in [3.05, 3.63) is 100 Å². The molecule has 1 atom stereocenters. The number of ether oxygens (including phenoxy) is 2. The first-order chi connectivity index (χ1) is 19.0. The second-order valence-corrected chi connectivity index (χ2v) is 11.8. The molecule has 0 aromatic heterocycles. The summed E-state index contributed by atoms with van der Waals surface area (Å²) in [4.78, 5) is 27.2. The van der Waals surface area contributed by atoms with Crippen LogP contribution < -0.4 is 0 Å². The Morgan fingerprint density at radius 3 is 2.05 bits per heavy atom. The summed E-state index contributed by atoms with van der Waals surface area (Å²) in [5.41, 5.74) is 1.69. The van der Waals surface area contributed by atoms with Gasteiger partial charge in [0.25, 0.3) is 10.0 Å². The van der Waals surface area contributed by atoms with Gasteiger partial charge in [0.05, 0.1) is 30.9 Å². The van der Waals surface area contributed by atoms with Gasteiger partial charge >= 0.3 is 11.9 Å². The third kappa shape index (κ3) is 4.28. The topological polar surface area (TPSA) is 93.2 Å². The normalized spacial score (nSPS) is 18.3. The minimum Gasteiger partial charge on any atom is -0.468 e. The highest BCUT2D eigenvalue weighted by Crippen LogP contribution is 2.55. The van der Waals surface area contributed by atoms with Crippen molar-refractivity contribution < 1.29 is 31.9 Å². The summed E-state index contributed by atoms with van der Waals surface area (Å²) in [5, 5.41) is 1.46. The Kier molecular flexibility index (Phi) is 7.01. The third-order valence-electron chi connectivity index (χ3n) is 7.57. The summed E-state index contributed by atoms with van der Waals surface area (Å²) in [6.07, 6.45) is 1.44. The van der Waals surface area contributed by atoms with E-state index < -0.39 is 39.2 Å². The number of rotatable bonds is 5. The van der Waals surface area contributed by atoms with E-state index in [0.717, 1.165) is 25.3 Å². The lowest BCUT2D eigenvalue weighted by molar-refractivity contribution is -0.184. The number of benzene rings is 3. The predicted octanol–water partition coefficient (Wildman–Crippen LogP) is 4.64. The lowest BCUT2D eigenvalue weighted by atomic mass is 9.70. The monoisotopic (exact) mass is 564 g/mol. The molecule has 0 radical (unpaired) electrons.